The molecule has 0 aliphatic rings. The number of ether oxygens (including phenoxy) is 2. The van der Waals surface area contributed by atoms with Crippen LogP contribution in [0.1, 0.15) is 17.3 Å². The molecule has 2 aromatic rings. The number of hydrogen-bond donors (Lipinski definition) is 0. The van der Waals surface area contributed by atoms with E-state index in [-0.39, 0.29) is 11.3 Å². The number of methoxy groups -OCH3 is 1. The van der Waals surface area contributed by atoms with Gasteiger partial charge in [-0.25, -0.2) is 4.79 Å². The number of para-hydroxylation sites is 1. The van der Waals surface area contributed by atoms with E-state index < -0.39 is 11.9 Å². The molecule has 0 saturated heterocycles. The molecule has 0 aliphatic heterocycles. The standard InChI is InChI=1S/C14H13NO4/c1-10(16)19-13-11(14(17)18-2)6-5-7-12(13)15-8-3-4-9-15/h3-9H,1-2H3. The maximum absolute atomic E-state index is 11.7. The average Bonchev–Trinajstić information content (AvgIpc) is 2.91. The maximum Gasteiger partial charge on any atom is 0.341 e. The summed E-state index contributed by atoms with van der Waals surface area (Å²) in [6, 6.07) is 8.68. The molecule has 98 valence electrons. The highest BCUT2D eigenvalue weighted by atomic mass is 16.5. The molecule has 0 N–H and O–H groups in total. The van der Waals surface area contributed by atoms with Gasteiger partial charge in [0, 0.05) is 19.3 Å². The molecular formula is C14H13NO4. The van der Waals surface area contributed by atoms with E-state index in [2.05, 4.69) is 0 Å². The largest absolute Gasteiger partial charge is 0.465 e. The third kappa shape index (κ3) is 2.65. The van der Waals surface area contributed by atoms with Crippen LogP contribution in [0.2, 0.25) is 0 Å². The van der Waals surface area contributed by atoms with E-state index in [1.165, 1.54) is 14.0 Å². The van der Waals surface area contributed by atoms with Crippen molar-refractivity contribution in [3.8, 4) is 11.4 Å². The fourth-order valence-corrected chi connectivity index (χ4v) is 1.74. The summed E-state index contributed by atoms with van der Waals surface area (Å²) in [6.07, 6.45) is 3.59. The van der Waals surface area contributed by atoms with Crippen LogP contribution in [0.25, 0.3) is 5.69 Å². The van der Waals surface area contributed by atoms with E-state index in [4.69, 9.17) is 9.47 Å². The zero-order valence-electron chi connectivity index (χ0n) is 10.6. The van der Waals surface area contributed by atoms with Crippen LogP contribution in [-0.4, -0.2) is 23.6 Å². The Morgan fingerprint density at radius 1 is 1.11 bits per heavy atom. The molecule has 0 fully saturated rings. The zero-order valence-corrected chi connectivity index (χ0v) is 10.6. The molecule has 1 heterocycles. The van der Waals surface area contributed by atoms with Gasteiger partial charge in [-0.3, -0.25) is 4.79 Å². The second-order valence-electron chi connectivity index (χ2n) is 3.83. The van der Waals surface area contributed by atoms with Crippen LogP contribution in [0.15, 0.2) is 42.7 Å². The first-order valence-electron chi connectivity index (χ1n) is 5.66. The molecule has 5 heteroatoms. The van der Waals surface area contributed by atoms with Gasteiger partial charge in [0.15, 0.2) is 5.75 Å². The second-order valence-corrected chi connectivity index (χ2v) is 3.83. The molecule has 0 bridgehead atoms. The Balaban J connectivity index is 2.60. The van der Waals surface area contributed by atoms with Crippen LogP contribution in [0, 0.1) is 0 Å². The lowest BCUT2D eigenvalue weighted by Crippen LogP contribution is -2.11. The Morgan fingerprint density at radius 2 is 1.79 bits per heavy atom. The van der Waals surface area contributed by atoms with Crippen LogP contribution in [-0.2, 0) is 9.53 Å². The Labute approximate surface area is 110 Å². The summed E-state index contributed by atoms with van der Waals surface area (Å²) >= 11 is 0. The van der Waals surface area contributed by atoms with Crippen molar-refractivity contribution in [3.63, 3.8) is 0 Å². The molecule has 0 radical (unpaired) electrons. The van der Waals surface area contributed by atoms with Crippen LogP contribution < -0.4 is 4.74 Å². The van der Waals surface area contributed by atoms with Gasteiger partial charge in [-0.15, -0.1) is 0 Å². The van der Waals surface area contributed by atoms with E-state index in [9.17, 15) is 9.59 Å². The number of esters is 2. The van der Waals surface area contributed by atoms with E-state index >= 15 is 0 Å². The second kappa shape index (κ2) is 5.39. The first-order valence-corrected chi connectivity index (χ1v) is 5.66. The van der Waals surface area contributed by atoms with Crippen molar-refractivity contribution in [2.24, 2.45) is 0 Å². The van der Waals surface area contributed by atoms with Gasteiger partial charge in [-0.05, 0) is 24.3 Å². The highest BCUT2D eigenvalue weighted by molar-refractivity contribution is 5.95. The molecule has 0 amide bonds. The van der Waals surface area contributed by atoms with Gasteiger partial charge in [0.2, 0.25) is 0 Å². The predicted molar refractivity (Wildman–Crippen MR) is 68.4 cm³/mol. The zero-order chi connectivity index (χ0) is 13.8. The number of benzene rings is 1. The number of hydrogen-bond acceptors (Lipinski definition) is 4. The summed E-state index contributed by atoms with van der Waals surface area (Å²) in [7, 11) is 1.28. The van der Waals surface area contributed by atoms with Gasteiger partial charge in [0.05, 0.1) is 12.8 Å². The lowest BCUT2D eigenvalue weighted by Gasteiger charge is -2.13. The van der Waals surface area contributed by atoms with Crippen molar-refractivity contribution in [1.29, 1.82) is 0 Å². The SMILES string of the molecule is COC(=O)c1cccc(-n2cccc2)c1OC(C)=O. The van der Waals surface area contributed by atoms with Crippen LogP contribution in [0.4, 0.5) is 0 Å². The van der Waals surface area contributed by atoms with Gasteiger partial charge >= 0.3 is 11.9 Å². The van der Waals surface area contributed by atoms with Crippen molar-refractivity contribution in [2.45, 2.75) is 6.92 Å². The Kier molecular flexibility index (Phi) is 3.66. The van der Waals surface area contributed by atoms with Crippen molar-refractivity contribution in [2.75, 3.05) is 7.11 Å². The summed E-state index contributed by atoms with van der Waals surface area (Å²) in [5.74, 6) is -0.854. The summed E-state index contributed by atoms with van der Waals surface area (Å²) < 4.78 is 11.6. The summed E-state index contributed by atoms with van der Waals surface area (Å²) in [4.78, 5) is 22.9. The summed E-state index contributed by atoms with van der Waals surface area (Å²) in [5.41, 5.74) is 0.812. The minimum atomic E-state index is -0.551. The van der Waals surface area contributed by atoms with Gasteiger partial charge in [-0.1, -0.05) is 6.07 Å². The number of rotatable bonds is 3. The van der Waals surface area contributed by atoms with Gasteiger partial charge in [0.25, 0.3) is 0 Å². The van der Waals surface area contributed by atoms with Crippen molar-refractivity contribution < 1.29 is 19.1 Å². The van der Waals surface area contributed by atoms with Crippen molar-refractivity contribution in [1.82, 2.24) is 4.57 Å². The maximum atomic E-state index is 11.7. The van der Waals surface area contributed by atoms with Crippen LogP contribution in [0.3, 0.4) is 0 Å². The molecule has 1 aromatic carbocycles. The highest BCUT2D eigenvalue weighted by Crippen LogP contribution is 2.28. The molecule has 0 aliphatic carbocycles. The third-order valence-electron chi connectivity index (χ3n) is 2.53. The third-order valence-corrected chi connectivity index (χ3v) is 2.53. The monoisotopic (exact) mass is 259 g/mol. The summed E-state index contributed by atoms with van der Waals surface area (Å²) in [6.45, 7) is 1.29. The molecule has 5 nitrogen and oxygen atoms in total. The van der Waals surface area contributed by atoms with E-state index in [1.807, 2.05) is 12.1 Å². The minimum absolute atomic E-state index is 0.193. The van der Waals surface area contributed by atoms with Crippen molar-refractivity contribution in [3.05, 3.63) is 48.3 Å². The minimum Gasteiger partial charge on any atom is -0.465 e. The molecule has 0 unspecified atom stereocenters. The molecule has 0 atom stereocenters. The normalized spacial score (nSPS) is 10.0. The fraction of sp³-hybridized carbons (Fsp3) is 0.143. The topological polar surface area (TPSA) is 57.5 Å². The number of aromatic nitrogens is 1. The van der Waals surface area contributed by atoms with Crippen molar-refractivity contribution >= 4 is 11.9 Å². The lowest BCUT2D eigenvalue weighted by atomic mass is 10.1. The van der Waals surface area contributed by atoms with Gasteiger partial charge in [0.1, 0.15) is 5.56 Å². The van der Waals surface area contributed by atoms with Crippen LogP contribution in [0.5, 0.6) is 5.75 Å². The molecular weight excluding hydrogens is 246 g/mol. The number of nitrogens with zero attached hydrogens (tertiary/aromatic N) is 1. The number of carbonyl (C=O) groups excluding carboxylic acids is 2. The summed E-state index contributed by atoms with van der Waals surface area (Å²) in [5, 5.41) is 0. The van der Waals surface area contributed by atoms with Gasteiger partial charge in [-0.2, -0.15) is 0 Å². The Hall–Kier alpha value is -2.56. The first-order chi connectivity index (χ1) is 9.13. The molecule has 0 saturated carbocycles. The Bertz CT molecular complexity index is 602. The smallest absolute Gasteiger partial charge is 0.341 e. The Morgan fingerprint density at radius 3 is 2.37 bits per heavy atom. The van der Waals surface area contributed by atoms with Gasteiger partial charge < -0.3 is 14.0 Å². The lowest BCUT2D eigenvalue weighted by molar-refractivity contribution is -0.131. The molecule has 1 aromatic heterocycles. The molecule has 19 heavy (non-hydrogen) atoms. The predicted octanol–water partition coefficient (Wildman–Crippen LogP) is 2.19. The van der Waals surface area contributed by atoms with E-state index in [0.29, 0.717) is 5.69 Å². The molecule has 0 spiro atoms. The first kappa shape index (κ1) is 12.9. The molecule has 2 rings (SSSR count). The highest BCUT2D eigenvalue weighted by Gasteiger charge is 2.19. The number of carbonyl (C=O) groups is 2. The quantitative estimate of drug-likeness (QED) is 0.626. The van der Waals surface area contributed by atoms with E-state index in [1.54, 1.807) is 35.2 Å². The van der Waals surface area contributed by atoms with Crippen LogP contribution >= 0.6 is 0 Å². The average molecular weight is 259 g/mol. The fourth-order valence-electron chi connectivity index (χ4n) is 1.74. The van der Waals surface area contributed by atoms with E-state index in [0.717, 1.165) is 0 Å².